The molecule has 3 aromatic rings. The molecule has 0 bridgehead atoms. The van der Waals surface area contributed by atoms with E-state index in [2.05, 4.69) is 27.2 Å². The van der Waals surface area contributed by atoms with E-state index in [9.17, 15) is 4.79 Å². The van der Waals surface area contributed by atoms with Gasteiger partial charge in [0, 0.05) is 37.9 Å². The smallest absolute Gasteiger partial charge is 0.232 e. The zero-order valence-electron chi connectivity index (χ0n) is 14.7. The van der Waals surface area contributed by atoms with Crippen LogP contribution in [0.5, 0.6) is 0 Å². The second kappa shape index (κ2) is 7.43. The van der Waals surface area contributed by atoms with Crippen molar-refractivity contribution >= 4 is 22.9 Å². The molecule has 3 heterocycles. The maximum absolute atomic E-state index is 13.5. The molecule has 1 amide bonds. The molecule has 2 atom stereocenters. The van der Waals surface area contributed by atoms with Crippen molar-refractivity contribution in [3.05, 3.63) is 70.7 Å². The van der Waals surface area contributed by atoms with Crippen molar-refractivity contribution < 1.29 is 4.79 Å². The Labute approximate surface area is 157 Å². The quantitative estimate of drug-likeness (QED) is 0.755. The van der Waals surface area contributed by atoms with Crippen LogP contribution in [-0.4, -0.2) is 28.8 Å². The summed E-state index contributed by atoms with van der Waals surface area (Å²) in [5.41, 5.74) is 3.23. The molecule has 1 N–H and O–H groups in total. The van der Waals surface area contributed by atoms with Gasteiger partial charge in [-0.15, -0.1) is 0 Å². The summed E-state index contributed by atoms with van der Waals surface area (Å²) in [6.07, 6.45) is 3.90. The number of hydrogen-bond donors (Lipinski definition) is 1. The second-order valence-corrected chi connectivity index (χ2v) is 7.49. The van der Waals surface area contributed by atoms with Gasteiger partial charge in [-0.1, -0.05) is 18.2 Å². The predicted octanol–water partition coefficient (Wildman–Crippen LogP) is 3.02. The highest BCUT2D eigenvalue weighted by Gasteiger charge is 2.37. The van der Waals surface area contributed by atoms with E-state index >= 15 is 0 Å². The van der Waals surface area contributed by atoms with Crippen LogP contribution >= 0.6 is 11.3 Å². The molecule has 0 saturated carbocycles. The molecule has 0 aliphatic carbocycles. The number of amides is 1. The van der Waals surface area contributed by atoms with Gasteiger partial charge < -0.3 is 10.2 Å². The SMILES string of the molecule is Cn1cc([C@H]2CNC[C@@H]2C(=O)N(Cc2ccsc2)c2ccccc2)cn1. The number of hydrogen-bond acceptors (Lipinski definition) is 4. The first-order chi connectivity index (χ1) is 12.7. The number of nitrogens with one attached hydrogen (secondary N) is 1. The summed E-state index contributed by atoms with van der Waals surface area (Å²) in [4.78, 5) is 15.4. The normalized spacial score (nSPS) is 19.6. The van der Waals surface area contributed by atoms with Gasteiger partial charge in [0.25, 0.3) is 0 Å². The lowest BCUT2D eigenvalue weighted by molar-refractivity contribution is -0.122. The number of rotatable bonds is 5. The number of para-hydroxylation sites is 1. The molecule has 1 aromatic carbocycles. The molecule has 26 heavy (non-hydrogen) atoms. The van der Waals surface area contributed by atoms with Crippen LogP contribution in [0, 0.1) is 5.92 Å². The third-order valence-electron chi connectivity index (χ3n) is 4.94. The van der Waals surface area contributed by atoms with Gasteiger partial charge in [-0.05, 0) is 40.1 Å². The molecule has 0 unspecified atom stereocenters. The predicted molar refractivity (Wildman–Crippen MR) is 104 cm³/mol. The average Bonchev–Trinajstić information content (AvgIpc) is 3.41. The van der Waals surface area contributed by atoms with Crippen molar-refractivity contribution in [2.24, 2.45) is 13.0 Å². The number of anilines is 1. The summed E-state index contributed by atoms with van der Waals surface area (Å²) < 4.78 is 1.80. The number of carbonyl (C=O) groups excluding carboxylic acids is 1. The molecule has 5 nitrogen and oxygen atoms in total. The van der Waals surface area contributed by atoms with Gasteiger partial charge in [-0.2, -0.15) is 16.4 Å². The van der Waals surface area contributed by atoms with E-state index in [1.807, 2.05) is 54.7 Å². The van der Waals surface area contributed by atoms with Gasteiger partial charge in [0.15, 0.2) is 0 Å². The van der Waals surface area contributed by atoms with Crippen molar-refractivity contribution in [3.63, 3.8) is 0 Å². The standard InChI is InChI=1S/C20H22N4OS/c1-23-13-16(9-22-23)18-10-21-11-19(18)20(25)24(12-15-7-8-26-14-15)17-5-3-2-4-6-17/h2-9,13-14,18-19,21H,10-12H2,1H3/t18-,19+/m1/s1. The Morgan fingerprint density at radius 3 is 2.85 bits per heavy atom. The zero-order valence-corrected chi connectivity index (χ0v) is 15.5. The molecule has 0 spiro atoms. The van der Waals surface area contributed by atoms with Crippen LogP contribution in [0.15, 0.2) is 59.6 Å². The molecule has 2 aromatic heterocycles. The third-order valence-corrected chi connectivity index (χ3v) is 5.67. The van der Waals surface area contributed by atoms with Gasteiger partial charge in [0.05, 0.1) is 18.7 Å². The number of aryl methyl sites for hydroxylation is 1. The molecule has 1 aliphatic rings. The Bertz CT molecular complexity index is 859. The lowest BCUT2D eigenvalue weighted by Crippen LogP contribution is -2.38. The van der Waals surface area contributed by atoms with E-state index in [4.69, 9.17) is 0 Å². The summed E-state index contributed by atoms with van der Waals surface area (Å²) in [5.74, 6) is 0.240. The van der Waals surface area contributed by atoms with Crippen LogP contribution in [0.4, 0.5) is 5.69 Å². The zero-order chi connectivity index (χ0) is 17.9. The fourth-order valence-electron chi connectivity index (χ4n) is 3.59. The monoisotopic (exact) mass is 366 g/mol. The minimum absolute atomic E-state index is 0.0851. The number of benzene rings is 1. The van der Waals surface area contributed by atoms with E-state index < -0.39 is 0 Å². The largest absolute Gasteiger partial charge is 0.315 e. The Morgan fingerprint density at radius 1 is 1.31 bits per heavy atom. The fraction of sp³-hybridized carbons (Fsp3) is 0.300. The highest BCUT2D eigenvalue weighted by Crippen LogP contribution is 2.31. The molecule has 6 heteroatoms. The summed E-state index contributed by atoms with van der Waals surface area (Å²) in [5, 5.41) is 11.8. The van der Waals surface area contributed by atoms with Crippen LogP contribution in [0.2, 0.25) is 0 Å². The van der Waals surface area contributed by atoms with Gasteiger partial charge in [-0.25, -0.2) is 0 Å². The summed E-state index contributed by atoms with van der Waals surface area (Å²) in [6, 6.07) is 12.0. The van der Waals surface area contributed by atoms with Gasteiger partial charge in [-0.3, -0.25) is 9.48 Å². The number of thiophene rings is 1. The molecule has 4 rings (SSSR count). The molecule has 1 fully saturated rings. The molecular formula is C20H22N4OS. The first kappa shape index (κ1) is 17.0. The summed E-state index contributed by atoms with van der Waals surface area (Å²) in [7, 11) is 1.91. The van der Waals surface area contributed by atoms with Crippen molar-refractivity contribution in [2.75, 3.05) is 18.0 Å². The first-order valence-electron chi connectivity index (χ1n) is 8.79. The van der Waals surface area contributed by atoms with Gasteiger partial charge in [0.2, 0.25) is 5.91 Å². The Hall–Kier alpha value is -2.44. The highest BCUT2D eigenvalue weighted by atomic mass is 32.1. The van der Waals surface area contributed by atoms with Crippen LogP contribution in [-0.2, 0) is 18.4 Å². The number of aromatic nitrogens is 2. The molecule has 1 saturated heterocycles. The average molecular weight is 366 g/mol. The molecular weight excluding hydrogens is 344 g/mol. The van der Waals surface area contributed by atoms with Crippen molar-refractivity contribution in [1.82, 2.24) is 15.1 Å². The van der Waals surface area contributed by atoms with Gasteiger partial charge in [0.1, 0.15) is 0 Å². The Morgan fingerprint density at radius 2 is 2.15 bits per heavy atom. The topological polar surface area (TPSA) is 50.2 Å². The number of nitrogens with zero attached hydrogens (tertiary/aromatic N) is 3. The maximum Gasteiger partial charge on any atom is 0.232 e. The molecule has 1 aliphatic heterocycles. The first-order valence-corrected chi connectivity index (χ1v) is 9.73. The van der Waals surface area contributed by atoms with E-state index in [0.717, 1.165) is 23.4 Å². The third kappa shape index (κ3) is 3.43. The number of carbonyl (C=O) groups is 1. The van der Waals surface area contributed by atoms with Crippen LogP contribution < -0.4 is 10.2 Å². The van der Waals surface area contributed by atoms with Crippen LogP contribution in [0.1, 0.15) is 17.0 Å². The van der Waals surface area contributed by atoms with Crippen LogP contribution in [0.3, 0.4) is 0 Å². The maximum atomic E-state index is 13.5. The Balaban J connectivity index is 1.63. The van der Waals surface area contributed by atoms with E-state index in [1.54, 1.807) is 16.0 Å². The minimum Gasteiger partial charge on any atom is -0.315 e. The van der Waals surface area contributed by atoms with E-state index in [1.165, 1.54) is 0 Å². The van der Waals surface area contributed by atoms with Crippen molar-refractivity contribution in [2.45, 2.75) is 12.5 Å². The lowest BCUT2D eigenvalue weighted by Gasteiger charge is -2.27. The summed E-state index contributed by atoms with van der Waals surface area (Å²) in [6.45, 7) is 2.11. The molecule has 0 radical (unpaired) electrons. The van der Waals surface area contributed by atoms with Gasteiger partial charge >= 0.3 is 0 Å². The second-order valence-electron chi connectivity index (χ2n) is 6.71. The Kier molecular flexibility index (Phi) is 4.86. The minimum atomic E-state index is -0.0851. The lowest BCUT2D eigenvalue weighted by atomic mass is 9.89. The highest BCUT2D eigenvalue weighted by molar-refractivity contribution is 7.07. The molecule has 134 valence electrons. The van der Waals surface area contributed by atoms with Crippen molar-refractivity contribution in [3.8, 4) is 0 Å². The van der Waals surface area contributed by atoms with E-state index in [0.29, 0.717) is 13.1 Å². The fourth-order valence-corrected chi connectivity index (χ4v) is 4.25. The van der Waals surface area contributed by atoms with E-state index in [-0.39, 0.29) is 17.7 Å². The summed E-state index contributed by atoms with van der Waals surface area (Å²) >= 11 is 1.66. The van der Waals surface area contributed by atoms with Crippen LogP contribution in [0.25, 0.3) is 0 Å². The van der Waals surface area contributed by atoms with Crippen molar-refractivity contribution in [1.29, 1.82) is 0 Å².